The molecule has 0 aliphatic rings. The largest absolute Gasteiger partial charge is 0.490 e. The van der Waals surface area contributed by atoms with Crippen molar-refractivity contribution in [3.63, 3.8) is 0 Å². The molecule has 0 saturated heterocycles. The zero-order valence-electron chi connectivity index (χ0n) is 28.1. The van der Waals surface area contributed by atoms with Gasteiger partial charge < -0.3 is 19.8 Å². The van der Waals surface area contributed by atoms with Gasteiger partial charge in [0.15, 0.2) is 0 Å². The van der Waals surface area contributed by atoms with Gasteiger partial charge in [-0.2, -0.15) is 0 Å². The number of carbonyl (C=O) groups is 2. The van der Waals surface area contributed by atoms with E-state index in [1.54, 1.807) is 18.3 Å². The highest BCUT2D eigenvalue weighted by molar-refractivity contribution is 6.03. The van der Waals surface area contributed by atoms with Crippen LogP contribution in [0.3, 0.4) is 0 Å². The van der Waals surface area contributed by atoms with Crippen LogP contribution in [-0.2, 0) is 16.0 Å². The fourth-order valence-corrected chi connectivity index (χ4v) is 5.63. The molecular formula is C39H42N4O5. The zero-order valence-corrected chi connectivity index (χ0v) is 28.1. The lowest BCUT2D eigenvalue weighted by molar-refractivity contribution is -0.141. The molecule has 0 saturated carbocycles. The Kier molecular flexibility index (Phi) is 10.9. The standard InChI is InChI=1S/C39H42N4O5/c1-25(2)33-22-31(29-13-9-15-32(21-29)48-20-19-47-27(5)44)23-34(26(3)4)36(33)41-39(46)43(18-16-28-11-7-6-8-12-28)35-24-30-14-10-17-40-37(30)42-38(35)45/h6-15,17,21-26H,16,18-20H2,1-5H3,(H,41,46)(H,40,42,45). The van der Waals surface area contributed by atoms with E-state index in [9.17, 15) is 14.4 Å². The molecule has 9 heteroatoms. The Balaban J connectivity index is 1.51. The first-order valence-corrected chi connectivity index (χ1v) is 16.3. The lowest BCUT2D eigenvalue weighted by Crippen LogP contribution is -2.40. The van der Waals surface area contributed by atoms with E-state index in [4.69, 9.17) is 9.47 Å². The number of ether oxygens (including phenoxy) is 2. The van der Waals surface area contributed by atoms with Gasteiger partial charge in [0, 0.05) is 30.7 Å². The number of nitrogens with one attached hydrogen (secondary N) is 2. The second kappa shape index (κ2) is 15.4. The number of aromatic amines is 1. The molecule has 0 aliphatic heterocycles. The number of amides is 2. The molecule has 2 heterocycles. The van der Waals surface area contributed by atoms with Gasteiger partial charge in [-0.3, -0.25) is 14.5 Å². The summed E-state index contributed by atoms with van der Waals surface area (Å²) in [5, 5.41) is 3.97. The van der Waals surface area contributed by atoms with E-state index in [1.165, 1.54) is 11.8 Å². The molecule has 5 rings (SSSR count). The molecule has 248 valence electrons. The van der Waals surface area contributed by atoms with E-state index in [0.717, 1.165) is 38.9 Å². The molecule has 0 fully saturated rings. The molecular weight excluding hydrogens is 604 g/mol. The lowest BCUT2D eigenvalue weighted by Gasteiger charge is -2.27. The Labute approximate surface area is 280 Å². The number of fused-ring (bicyclic) bond motifs is 1. The second-order valence-corrected chi connectivity index (χ2v) is 12.3. The van der Waals surface area contributed by atoms with Crippen LogP contribution in [0.5, 0.6) is 5.75 Å². The van der Waals surface area contributed by atoms with Crippen LogP contribution < -0.4 is 20.5 Å². The Bertz CT molecular complexity index is 1920. The number of carbonyl (C=O) groups excluding carboxylic acids is 2. The molecule has 2 aromatic heterocycles. The number of anilines is 2. The van der Waals surface area contributed by atoms with Gasteiger partial charge in [-0.15, -0.1) is 0 Å². The van der Waals surface area contributed by atoms with Crippen molar-refractivity contribution >= 4 is 34.4 Å². The first-order valence-electron chi connectivity index (χ1n) is 16.3. The number of esters is 1. The maximum Gasteiger partial charge on any atom is 0.326 e. The lowest BCUT2D eigenvalue weighted by atomic mass is 9.88. The van der Waals surface area contributed by atoms with E-state index in [1.807, 2.05) is 60.7 Å². The van der Waals surface area contributed by atoms with E-state index in [2.05, 4.69) is 55.1 Å². The van der Waals surface area contributed by atoms with Crippen molar-refractivity contribution in [1.82, 2.24) is 9.97 Å². The van der Waals surface area contributed by atoms with E-state index < -0.39 is 0 Å². The van der Waals surface area contributed by atoms with Crippen molar-refractivity contribution in [2.45, 2.75) is 52.9 Å². The number of H-pyrrole nitrogens is 1. The van der Waals surface area contributed by atoms with Gasteiger partial charge in [-0.05, 0) is 88.5 Å². The third-order valence-corrected chi connectivity index (χ3v) is 8.10. The molecule has 0 radical (unpaired) electrons. The van der Waals surface area contributed by atoms with Gasteiger partial charge in [0.25, 0.3) is 5.56 Å². The predicted octanol–water partition coefficient (Wildman–Crippen LogP) is 8.06. The minimum Gasteiger partial charge on any atom is -0.490 e. The Morgan fingerprint density at radius 2 is 1.58 bits per heavy atom. The molecule has 9 nitrogen and oxygen atoms in total. The van der Waals surface area contributed by atoms with Crippen molar-refractivity contribution in [1.29, 1.82) is 0 Å². The fourth-order valence-electron chi connectivity index (χ4n) is 5.63. The highest BCUT2D eigenvalue weighted by Crippen LogP contribution is 2.38. The monoisotopic (exact) mass is 646 g/mol. The van der Waals surface area contributed by atoms with Crippen LogP contribution in [0.1, 0.15) is 63.1 Å². The minimum absolute atomic E-state index is 0.0776. The third kappa shape index (κ3) is 8.28. The average Bonchev–Trinajstić information content (AvgIpc) is 3.07. The van der Waals surface area contributed by atoms with Gasteiger partial charge in [-0.1, -0.05) is 70.2 Å². The zero-order chi connectivity index (χ0) is 34.2. The molecule has 0 aliphatic carbocycles. The quantitative estimate of drug-likeness (QED) is 0.105. The van der Waals surface area contributed by atoms with E-state index in [-0.39, 0.29) is 48.3 Å². The highest BCUT2D eigenvalue weighted by Gasteiger charge is 2.24. The Morgan fingerprint density at radius 1 is 0.854 bits per heavy atom. The van der Waals surface area contributed by atoms with Gasteiger partial charge >= 0.3 is 12.0 Å². The second-order valence-electron chi connectivity index (χ2n) is 12.3. The van der Waals surface area contributed by atoms with Crippen LogP contribution in [0.2, 0.25) is 0 Å². The first kappa shape index (κ1) is 33.9. The van der Waals surface area contributed by atoms with Crippen LogP contribution >= 0.6 is 0 Å². The van der Waals surface area contributed by atoms with Crippen molar-refractivity contribution in [2.24, 2.45) is 0 Å². The van der Waals surface area contributed by atoms with E-state index >= 15 is 0 Å². The van der Waals surface area contributed by atoms with Crippen molar-refractivity contribution < 1.29 is 19.1 Å². The average molecular weight is 647 g/mol. The number of hydrogen-bond donors (Lipinski definition) is 2. The maximum atomic E-state index is 14.3. The third-order valence-electron chi connectivity index (χ3n) is 8.10. The summed E-state index contributed by atoms with van der Waals surface area (Å²) in [6, 6.07) is 26.9. The number of aromatic nitrogens is 2. The van der Waals surface area contributed by atoms with Crippen LogP contribution in [-0.4, -0.2) is 41.7 Å². The smallest absolute Gasteiger partial charge is 0.326 e. The number of nitrogens with zero attached hydrogens (tertiary/aromatic N) is 2. The van der Waals surface area contributed by atoms with Crippen LogP contribution in [0.25, 0.3) is 22.2 Å². The molecule has 3 aromatic carbocycles. The fraction of sp³-hybridized carbons (Fsp3) is 0.282. The van der Waals surface area contributed by atoms with Gasteiger partial charge in [-0.25, -0.2) is 9.78 Å². The summed E-state index contributed by atoms with van der Waals surface area (Å²) in [5.41, 5.74) is 6.04. The molecule has 0 unspecified atom stereocenters. The normalized spacial score (nSPS) is 11.1. The summed E-state index contributed by atoms with van der Waals surface area (Å²) in [6.07, 6.45) is 2.18. The SMILES string of the molecule is CC(=O)OCCOc1cccc(-c2cc(C(C)C)c(NC(=O)N(CCc3ccccc3)c3cc4cccnc4[nH]c3=O)c(C(C)C)c2)c1. The van der Waals surface area contributed by atoms with Crippen molar-refractivity contribution in [2.75, 3.05) is 30.0 Å². The van der Waals surface area contributed by atoms with Crippen LogP contribution in [0.4, 0.5) is 16.2 Å². The number of benzene rings is 3. The summed E-state index contributed by atoms with van der Waals surface area (Å²) >= 11 is 0. The number of urea groups is 1. The summed E-state index contributed by atoms with van der Waals surface area (Å²) in [7, 11) is 0. The van der Waals surface area contributed by atoms with Crippen molar-refractivity contribution in [3.05, 3.63) is 118 Å². The van der Waals surface area contributed by atoms with Crippen LogP contribution in [0.15, 0.2) is 95.9 Å². The number of pyridine rings is 2. The summed E-state index contributed by atoms with van der Waals surface area (Å²) in [4.78, 5) is 47.5. The van der Waals surface area contributed by atoms with Crippen LogP contribution in [0, 0.1) is 0 Å². The summed E-state index contributed by atoms with van der Waals surface area (Å²) in [5.74, 6) is 0.476. The summed E-state index contributed by atoms with van der Waals surface area (Å²) in [6.45, 7) is 10.5. The first-order chi connectivity index (χ1) is 23.1. The Hall–Kier alpha value is -5.44. The Morgan fingerprint density at radius 3 is 2.27 bits per heavy atom. The maximum absolute atomic E-state index is 14.3. The molecule has 0 atom stereocenters. The highest BCUT2D eigenvalue weighted by atomic mass is 16.6. The minimum atomic E-state index is -0.389. The van der Waals surface area contributed by atoms with Gasteiger partial charge in [0.1, 0.15) is 30.3 Å². The molecule has 0 spiro atoms. The van der Waals surface area contributed by atoms with Gasteiger partial charge in [0.2, 0.25) is 0 Å². The molecule has 48 heavy (non-hydrogen) atoms. The summed E-state index contributed by atoms with van der Waals surface area (Å²) < 4.78 is 10.8. The van der Waals surface area contributed by atoms with Crippen molar-refractivity contribution in [3.8, 4) is 16.9 Å². The molecule has 0 bridgehead atoms. The van der Waals surface area contributed by atoms with E-state index in [0.29, 0.717) is 24.4 Å². The molecule has 5 aromatic rings. The molecule has 2 amide bonds. The topological polar surface area (TPSA) is 114 Å². The number of hydrogen-bond acceptors (Lipinski definition) is 6. The van der Waals surface area contributed by atoms with Gasteiger partial charge in [0.05, 0.1) is 0 Å². The molecule has 2 N–H and O–H groups in total. The predicted molar refractivity (Wildman–Crippen MR) is 191 cm³/mol. The number of rotatable bonds is 12.